The lowest BCUT2D eigenvalue weighted by atomic mass is 10.0. The van der Waals surface area contributed by atoms with Crippen molar-refractivity contribution in [1.82, 2.24) is 19.4 Å². The Morgan fingerprint density at radius 3 is 2.48 bits per heavy atom. The largest absolute Gasteiger partial charge is 0.481 e. The van der Waals surface area contributed by atoms with E-state index in [0.29, 0.717) is 37.4 Å². The highest BCUT2D eigenvalue weighted by molar-refractivity contribution is 5.95. The first kappa shape index (κ1) is 16.7. The second kappa shape index (κ2) is 6.80. The van der Waals surface area contributed by atoms with Gasteiger partial charge in [0, 0.05) is 31.4 Å². The molecule has 0 bridgehead atoms. The fourth-order valence-corrected chi connectivity index (χ4v) is 3.01. The molecule has 0 atom stereocenters. The third-order valence-corrected chi connectivity index (χ3v) is 4.40. The predicted octanol–water partition coefficient (Wildman–Crippen LogP) is 0.445. The standard InChI is InChI=1S/C16H20N6O3/c1-25-12-3-2-10(8-19-12)16(24)21-6-4-11(5-7-21)22-9-20-13(14(22)17)15(18)23/h2-3,8-9,11H,4-7,17H2,1H3,(H2,18,23). The highest BCUT2D eigenvalue weighted by Gasteiger charge is 2.27. The van der Waals surface area contributed by atoms with Crippen molar-refractivity contribution >= 4 is 17.6 Å². The Morgan fingerprint density at radius 2 is 1.96 bits per heavy atom. The number of methoxy groups -OCH3 is 1. The summed E-state index contributed by atoms with van der Waals surface area (Å²) in [6.45, 7) is 1.16. The quantitative estimate of drug-likeness (QED) is 0.828. The highest BCUT2D eigenvalue weighted by atomic mass is 16.5. The summed E-state index contributed by atoms with van der Waals surface area (Å²) in [5, 5.41) is 0. The van der Waals surface area contributed by atoms with Crippen molar-refractivity contribution in [2.24, 2.45) is 5.73 Å². The van der Waals surface area contributed by atoms with Crippen molar-refractivity contribution in [2.75, 3.05) is 25.9 Å². The molecule has 2 aromatic rings. The molecule has 132 valence electrons. The van der Waals surface area contributed by atoms with Crippen LogP contribution in [0.15, 0.2) is 24.7 Å². The molecule has 9 heteroatoms. The lowest BCUT2D eigenvalue weighted by Gasteiger charge is -2.33. The number of likely N-dealkylation sites (tertiary alicyclic amines) is 1. The number of nitrogen functional groups attached to an aromatic ring is 1. The number of carbonyl (C=O) groups excluding carboxylic acids is 2. The van der Waals surface area contributed by atoms with E-state index in [-0.39, 0.29) is 23.5 Å². The van der Waals surface area contributed by atoms with Crippen LogP contribution in [0.5, 0.6) is 5.88 Å². The molecule has 1 aliphatic heterocycles. The van der Waals surface area contributed by atoms with Crippen molar-refractivity contribution in [3.63, 3.8) is 0 Å². The molecule has 25 heavy (non-hydrogen) atoms. The number of primary amides is 1. The monoisotopic (exact) mass is 344 g/mol. The van der Waals surface area contributed by atoms with Crippen LogP contribution in [0.4, 0.5) is 5.82 Å². The summed E-state index contributed by atoms with van der Waals surface area (Å²) in [5.41, 5.74) is 11.8. The highest BCUT2D eigenvalue weighted by Crippen LogP contribution is 2.27. The zero-order valence-corrected chi connectivity index (χ0v) is 13.9. The Balaban J connectivity index is 1.65. The van der Waals surface area contributed by atoms with Gasteiger partial charge in [0.2, 0.25) is 5.88 Å². The number of aromatic nitrogens is 3. The molecule has 4 N–H and O–H groups in total. The van der Waals surface area contributed by atoms with Crippen molar-refractivity contribution in [3.05, 3.63) is 35.9 Å². The topological polar surface area (TPSA) is 129 Å². The number of piperidine rings is 1. The molecule has 0 radical (unpaired) electrons. The van der Waals surface area contributed by atoms with Crippen LogP contribution in [0.25, 0.3) is 0 Å². The number of hydrogen-bond acceptors (Lipinski definition) is 6. The van der Waals surface area contributed by atoms with E-state index in [2.05, 4.69) is 9.97 Å². The second-order valence-corrected chi connectivity index (χ2v) is 5.86. The van der Waals surface area contributed by atoms with Gasteiger partial charge in [0.1, 0.15) is 5.82 Å². The molecule has 3 heterocycles. The summed E-state index contributed by atoms with van der Waals surface area (Å²) in [6.07, 6.45) is 4.48. The number of ether oxygens (including phenoxy) is 1. The number of nitrogens with zero attached hydrogens (tertiary/aromatic N) is 4. The number of hydrogen-bond donors (Lipinski definition) is 2. The molecule has 1 saturated heterocycles. The van der Waals surface area contributed by atoms with Crippen LogP contribution in [0.3, 0.4) is 0 Å². The number of nitrogens with two attached hydrogens (primary N) is 2. The number of amides is 2. The van der Waals surface area contributed by atoms with E-state index in [4.69, 9.17) is 16.2 Å². The Hall–Kier alpha value is -3.10. The Bertz CT molecular complexity index is 778. The fraction of sp³-hybridized carbons (Fsp3) is 0.375. The minimum absolute atomic E-state index is 0.0648. The van der Waals surface area contributed by atoms with Gasteiger partial charge in [-0.05, 0) is 18.9 Å². The van der Waals surface area contributed by atoms with Crippen LogP contribution < -0.4 is 16.2 Å². The third kappa shape index (κ3) is 3.25. The normalized spacial score (nSPS) is 15.2. The van der Waals surface area contributed by atoms with Gasteiger partial charge in [0.15, 0.2) is 5.69 Å². The van der Waals surface area contributed by atoms with E-state index >= 15 is 0 Å². The fourth-order valence-electron chi connectivity index (χ4n) is 3.01. The SMILES string of the molecule is COc1ccc(C(=O)N2CCC(n3cnc(C(N)=O)c3N)CC2)cn1. The lowest BCUT2D eigenvalue weighted by molar-refractivity contribution is 0.0695. The Labute approximate surface area is 144 Å². The van der Waals surface area contributed by atoms with Gasteiger partial charge >= 0.3 is 0 Å². The maximum absolute atomic E-state index is 12.5. The van der Waals surface area contributed by atoms with E-state index < -0.39 is 5.91 Å². The first-order valence-corrected chi connectivity index (χ1v) is 7.92. The minimum Gasteiger partial charge on any atom is -0.481 e. The first-order chi connectivity index (χ1) is 12.0. The summed E-state index contributed by atoms with van der Waals surface area (Å²) in [6, 6.07) is 3.45. The maximum Gasteiger partial charge on any atom is 0.271 e. The Kier molecular flexibility index (Phi) is 4.55. The number of anilines is 1. The molecular formula is C16H20N6O3. The second-order valence-electron chi connectivity index (χ2n) is 5.86. The molecule has 1 aliphatic rings. The van der Waals surface area contributed by atoms with E-state index in [1.807, 2.05) is 0 Å². The van der Waals surface area contributed by atoms with Crippen LogP contribution in [0.2, 0.25) is 0 Å². The molecule has 2 amide bonds. The maximum atomic E-state index is 12.5. The third-order valence-electron chi connectivity index (χ3n) is 4.40. The van der Waals surface area contributed by atoms with Crippen LogP contribution >= 0.6 is 0 Å². The van der Waals surface area contributed by atoms with Gasteiger partial charge in [-0.1, -0.05) is 0 Å². The minimum atomic E-state index is -0.643. The smallest absolute Gasteiger partial charge is 0.271 e. The van der Waals surface area contributed by atoms with Crippen LogP contribution in [0, 0.1) is 0 Å². The molecule has 3 rings (SSSR count). The van der Waals surface area contributed by atoms with Crippen molar-refractivity contribution in [3.8, 4) is 5.88 Å². The molecule has 0 saturated carbocycles. The zero-order chi connectivity index (χ0) is 18.0. The molecule has 0 aromatic carbocycles. The molecule has 0 spiro atoms. The average molecular weight is 344 g/mol. The molecule has 1 fully saturated rings. The summed E-state index contributed by atoms with van der Waals surface area (Å²) in [7, 11) is 1.53. The van der Waals surface area contributed by atoms with E-state index in [0.717, 1.165) is 0 Å². The number of imidazole rings is 1. The number of pyridine rings is 1. The summed E-state index contributed by atoms with van der Waals surface area (Å²) in [4.78, 5) is 33.6. The van der Waals surface area contributed by atoms with Crippen molar-refractivity contribution < 1.29 is 14.3 Å². The summed E-state index contributed by atoms with van der Waals surface area (Å²) >= 11 is 0. The van der Waals surface area contributed by atoms with Gasteiger partial charge in [-0.15, -0.1) is 0 Å². The summed E-state index contributed by atoms with van der Waals surface area (Å²) < 4.78 is 6.76. The Morgan fingerprint density at radius 1 is 1.24 bits per heavy atom. The lowest BCUT2D eigenvalue weighted by Crippen LogP contribution is -2.39. The van der Waals surface area contributed by atoms with Gasteiger partial charge in [-0.2, -0.15) is 0 Å². The molecular weight excluding hydrogens is 324 g/mol. The van der Waals surface area contributed by atoms with Gasteiger partial charge in [-0.25, -0.2) is 9.97 Å². The number of rotatable bonds is 4. The first-order valence-electron chi connectivity index (χ1n) is 7.92. The van der Waals surface area contributed by atoms with Crippen molar-refractivity contribution in [2.45, 2.75) is 18.9 Å². The average Bonchev–Trinajstić information content (AvgIpc) is 3.03. The molecule has 0 aliphatic carbocycles. The van der Waals surface area contributed by atoms with Gasteiger partial charge < -0.3 is 25.7 Å². The van der Waals surface area contributed by atoms with Crippen LogP contribution in [-0.2, 0) is 0 Å². The van der Waals surface area contributed by atoms with Crippen molar-refractivity contribution in [1.29, 1.82) is 0 Å². The summed E-state index contributed by atoms with van der Waals surface area (Å²) in [5.74, 6) is 0.0358. The van der Waals surface area contributed by atoms with Crippen LogP contribution in [0.1, 0.15) is 39.7 Å². The van der Waals surface area contributed by atoms with E-state index in [1.165, 1.54) is 19.6 Å². The zero-order valence-electron chi connectivity index (χ0n) is 13.9. The predicted molar refractivity (Wildman–Crippen MR) is 90.1 cm³/mol. The van der Waals surface area contributed by atoms with E-state index in [1.54, 1.807) is 21.6 Å². The van der Waals surface area contributed by atoms with Gasteiger partial charge in [0.05, 0.1) is 19.0 Å². The molecule has 9 nitrogen and oxygen atoms in total. The van der Waals surface area contributed by atoms with Gasteiger partial charge in [-0.3, -0.25) is 9.59 Å². The molecule has 0 unspecified atom stereocenters. The van der Waals surface area contributed by atoms with Gasteiger partial charge in [0.25, 0.3) is 11.8 Å². The van der Waals surface area contributed by atoms with Crippen LogP contribution in [-0.4, -0.2) is 51.4 Å². The van der Waals surface area contributed by atoms with E-state index in [9.17, 15) is 9.59 Å². The number of carbonyl (C=O) groups is 2. The molecule has 2 aromatic heterocycles.